The summed E-state index contributed by atoms with van der Waals surface area (Å²) in [6.45, 7) is 4.25. The first-order chi connectivity index (χ1) is 9.39. The minimum absolute atomic E-state index is 0.0300. The summed E-state index contributed by atoms with van der Waals surface area (Å²) in [7, 11) is -3.05. The monoisotopic (exact) mass is 362 g/mol. The predicted octanol–water partition coefficient (Wildman–Crippen LogP) is 2.00. The maximum Gasteiger partial charge on any atom is 0.151 e. The molecule has 1 aliphatic heterocycles. The second-order valence-corrected chi connectivity index (χ2v) is 8.01. The lowest BCUT2D eigenvalue weighted by atomic mass is 10.1. The second kappa shape index (κ2) is 6.41. The first-order valence-corrected chi connectivity index (χ1v) is 9.43. The molecule has 0 aromatic carbocycles. The van der Waals surface area contributed by atoms with Crippen molar-refractivity contribution in [1.29, 1.82) is 0 Å². The summed E-state index contributed by atoms with van der Waals surface area (Å²) in [5.74, 6) is 0.843. The van der Waals surface area contributed by atoms with Crippen LogP contribution in [0.15, 0.2) is 16.7 Å². The lowest BCUT2D eigenvalue weighted by Crippen LogP contribution is -2.45. The average molecular weight is 363 g/mol. The van der Waals surface area contributed by atoms with Crippen LogP contribution < -0.4 is 4.90 Å². The topological polar surface area (TPSA) is 59.5 Å². The zero-order valence-electron chi connectivity index (χ0n) is 11.7. The molecule has 112 valence electrons. The molecular weight excluding hydrogens is 344 g/mol. The van der Waals surface area contributed by atoms with Crippen LogP contribution >= 0.6 is 15.9 Å². The van der Waals surface area contributed by atoms with Crippen LogP contribution in [0.3, 0.4) is 0 Å². The molecule has 1 aliphatic rings. The zero-order valence-corrected chi connectivity index (χ0v) is 14.1. The van der Waals surface area contributed by atoms with Crippen LogP contribution in [-0.2, 0) is 20.3 Å². The van der Waals surface area contributed by atoms with Crippen molar-refractivity contribution in [2.24, 2.45) is 0 Å². The van der Waals surface area contributed by atoms with Gasteiger partial charge in [-0.2, -0.15) is 0 Å². The van der Waals surface area contributed by atoms with Crippen LogP contribution in [0, 0.1) is 0 Å². The van der Waals surface area contributed by atoms with Gasteiger partial charge in [0, 0.05) is 12.8 Å². The quantitative estimate of drug-likeness (QED) is 0.766. The summed E-state index contributed by atoms with van der Waals surface area (Å²) >= 11 is 3.37. The maximum absolute atomic E-state index is 11.5. The van der Waals surface area contributed by atoms with Gasteiger partial charge in [-0.1, -0.05) is 6.92 Å². The molecule has 20 heavy (non-hydrogen) atoms. The van der Waals surface area contributed by atoms with Crippen molar-refractivity contribution in [3.63, 3.8) is 0 Å². The molecule has 1 unspecified atom stereocenters. The van der Waals surface area contributed by atoms with Crippen molar-refractivity contribution in [2.75, 3.05) is 30.9 Å². The first kappa shape index (κ1) is 15.7. The van der Waals surface area contributed by atoms with Gasteiger partial charge in [0.05, 0.1) is 25.0 Å². The van der Waals surface area contributed by atoms with E-state index >= 15 is 0 Å². The smallest absolute Gasteiger partial charge is 0.151 e. The Labute approximate surface area is 128 Å². The Morgan fingerprint density at radius 2 is 2.25 bits per heavy atom. The number of nitrogens with zero attached hydrogens (tertiary/aromatic N) is 2. The SMILES string of the molecule is CCC1COCCN1c1cc(CS(C)(=O)=O)cc(Br)n1. The second-order valence-electron chi connectivity index (χ2n) is 5.06. The minimum Gasteiger partial charge on any atom is -0.377 e. The number of anilines is 1. The van der Waals surface area contributed by atoms with Gasteiger partial charge < -0.3 is 9.64 Å². The molecule has 0 N–H and O–H groups in total. The fraction of sp³-hybridized carbons (Fsp3) is 0.615. The number of pyridine rings is 1. The Kier molecular flexibility index (Phi) is 5.04. The summed E-state index contributed by atoms with van der Waals surface area (Å²) in [6.07, 6.45) is 2.21. The van der Waals surface area contributed by atoms with Crippen LogP contribution in [0.5, 0.6) is 0 Å². The predicted molar refractivity (Wildman–Crippen MR) is 82.7 cm³/mol. The molecule has 7 heteroatoms. The third-order valence-corrected chi connectivity index (χ3v) is 4.53. The van der Waals surface area contributed by atoms with Gasteiger partial charge in [-0.15, -0.1) is 0 Å². The van der Waals surface area contributed by atoms with E-state index in [0.29, 0.717) is 17.8 Å². The van der Waals surface area contributed by atoms with E-state index in [1.54, 1.807) is 6.07 Å². The van der Waals surface area contributed by atoms with E-state index in [1.807, 2.05) is 6.07 Å². The number of rotatable bonds is 4. The van der Waals surface area contributed by atoms with E-state index in [2.05, 4.69) is 32.7 Å². The lowest BCUT2D eigenvalue weighted by molar-refractivity contribution is 0.0925. The summed E-state index contributed by atoms with van der Waals surface area (Å²) < 4.78 is 29.1. The van der Waals surface area contributed by atoms with E-state index in [1.165, 1.54) is 6.26 Å². The van der Waals surface area contributed by atoms with E-state index in [-0.39, 0.29) is 11.8 Å². The highest BCUT2D eigenvalue weighted by atomic mass is 79.9. The molecule has 0 bridgehead atoms. The molecule has 0 amide bonds. The molecular formula is C13H19BrN2O3S. The number of aromatic nitrogens is 1. The van der Waals surface area contributed by atoms with Crippen LogP contribution in [0.25, 0.3) is 0 Å². The summed E-state index contributed by atoms with van der Waals surface area (Å²) in [4.78, 5) is 6.67. The van der Waals surface area contributed by atoms with Gasteiger partial charge in [0.25, 0.3) is 0 Å². The molecule has 1 saturated heterocycles. The number of hydrogen-bond acceptors (Lipinski definition) is 5. The Morgan fingerprint density at radius 1 is 1.50 bits per heavy atom. The van der Waals surface area contributed by atoms with E-state index in [4.69, 9.17) is 4.74 Å². The van der Waals surface area contributed by atoms with Crippen LogP contribution in [0.4, 0.5) is 5.82 Å². The molecule has 0 saturated carbocycles. The van der Waals surface area contributed by atoms with Crippen molar-refractivity contribution in [2.45, 2.75) is 25.1 Å². The lowest BCUT2D eigenvalue weighted by Gasteiger charge is -2.36. The van der Waals surface area contributed by atoms with Gasteiger partial charge in [-0.25, -0.2) is 13.4 Å². The van der Waals surface area contributed by atoms with Crippen LogP contribution in [0.1, 0.15) is 18.9 Å². The maximum atomic E-state index is 11.5. The van der Waals surface area contributed by atoms with E-state index in [0.717, 1.165) is 24.3 Å². The van der Waals surface area contributed by atoms with E-state index in [9.17, 15) is 8.42 Å². The third kappa shape index (κ3) is 4.17. The molecule has 1 aromatic heterocycles. The fourth-order valence-electron chi connectivity index (χ4n) is 2.36. The highest BCUT2D eigenvalue weighted by molar-refractivity contribution is 9.10. The average Bonchev–Trinajstić information content (AvgIpc) is 2.36. The van der Waals surface area contributed by atoms with Crippen molar-refractivity contribution in [1.82, 2.24) is 4.98 Å². The molecule has 1 fully saturated rings. The Bertz CT molecular complexity index is 577. The molecule has 5 nitrogen and oxygen atoms in total. The van der Waals surface area contributed by atoms with Gasteiger partial charge in [-0.3, -0.25) is 0 Å². The first-order valence-electron chi connectivity index (χ1n) is 6.57. The van der Waals surface area contributed by atoms with Crippen molar-refractivity contribution >= 4 is 31.6 Å². The largest absolute Gasteiger partial charge is 0.377 e. The molecule has 0 radical (unpaired) electrons. The summed E-state index contributed by atoms with van der Waals surface area (Å²) in [6, 6.07) is 3.91. The molecule has 1 aromatic rings. The highest BCUT2D eigenvalue weighted by Gasteiger charge is 2.23. The summed E-state index contributed by atoms with van der Waals surface area (Å²) in [5.41, 5.74) is 0.755. The molecule has 2 rings (SSSR count). The van der Waals surface area contributed by atoms with Gasteiger partial charge >= 0.3 is 0 Å². The van der Waals surface area contributed by atoms with Crippen LogP contribution in [0.2, 0.25) is 0 Å². The van der Waals surface area contributed by atoms with Gasteiger partial charge in [0.15, 0.2) is 9.84 Å². The number of morpholine rings is 1. The third-order valence-electron chi connectivity index (χ3n) is 3.26. The Hall–Kier alpha value is -0.660. The standard InChI is InChI=1S/C13H19BrN2O3S/c1-3-11-8-19-5-4-16(11)13-7-10(6-12(14)15-13)9-20(2,17)18/h6-7,11H,3-5,8-9H2,1-2H3. The number of sulfone groups is 1. The van der Waals surface area contributed by atoms with Crippen molar-refractivity contribution in [3.05, 3.63) is 22.3 Å². The zero-order chi connectivity index (χ0) is 14.8. The van der Waals surface area contributed by atoms with Crippen molar-refractivity contribution in [3.8, 4) is 0 Å². The Morgan fingerprint density at radius 3 is 2.90 bits per heavy atom. The number of halogens is 1. The van der Waals surface area contributed by atoms with Crippen molar-refractivity contribution < 1.29 is 13.2 Å². The minimum atomic E-state index is -3.05. The number of ether oxygens (including phenoxy) is 1. The Balaban J connectivity index is 2.31. The van der Waals surface area contributed by atoms with Gasteiger partial charge in [0.2, 0.25) is 0 Å². The van der Waals surface area contributed by atoms with Crippen LogP contribution in [-0.4, -0.2) is 45.5 Å². The number of hydrogen-bond donors (Lipinski definition) is 0. The van der Waals surface area contributed by atoms with Gasteiger partial charge in [-0.05, 0) is 40.0 Å². The molecule has 1 atom stereocenters. The normalized spacial score (nSPS) is 20.1. The summed E-state index contributed by atoms with van der Waals surface area (Å²) in [5, 5.41) is 0. The molecule has 2 heterocycles. The molecule has 0 aliphatic carbocycles. The fourth-order valence-corrected chi connectivity index (χ4v) is 3.61. The van der Waals surface area contributed by atoms with E-state index < -0.39 is 9.84 Å². The van der Waals surface area contributed by atoms with Gasteiger partial charge in [0.1, 0.15) is 10.4 Å². The molecule has 0 spiro atoms. The highest BCUT2D eigenvalue weighted by Crippen LogP contribution is 2.24.